The van der Waals surface area contributed by atoms with E-state index >= 15 is 0 Å². The normalized spacial score (nSPS) is 21.6. The molecule has 1 aromatic heterocycles. The summed E-state index contributed by atoms with van der Waals surface area (Å²) in [6.45, 7) is 2.97. The van der Waals surface area contributed by atoms with Gasteiger partial charge in [-0.25, -0.2) is 0 Å². The number of halogens is 1. The second-order valence-corrected chi connectivity index (χ2v) is 4.48. The summed E-state index contributed by atoms with van der Waals surface area (Å²) in [5, 5.41) is 8.67. The third-order valence-electron chi connectivity index (χ3n) is 3.20. The summed E-state index contributed by atoms with van der Waals surface area (Å²) in [6.07, 6.45) is 2.09. The zero-order valence-corrected chi connectivity index (χ0v) is 10.4. The minimum absolute atomic E-state index is 0.0988. The molecule has 0 unspecified atom stereocenters. The number of hydrogen-bond donors (Lipinski definition) is 0. The lowest BCUT2D eigenvalue weighted by Crippen LogP contribution is -2.38. The Labute approximate surface area is 105 Å². The fourth-order valence-corrected chi connectivity index (χ4v) is 2.31. The van der Waals surface area contributed by atoms with Crippen LogP contribution in [0.5, 0.6) is 5.88 Å². The van der Waals surface area contributed by atoms with Crippen molar-refractivity contribution in [1.82, 2.24) is 14.9 Å². The zero-order chi connectivity index (χ0) is 13.1. The monoisotopic (exact) mass is 250 g/mol. The molecule has 0 aromatic carbocycles. The second kappa shape index (κ2) is 5.27. The van der Waals surface area contributed by atoms with E-state index in [1.165, 1.54) is 0 Å². The van der Waals surface area contributed by atoms with Crippen LogP contribution in [-0.2, 0) is 0 Å². The molecule has 0 bridgehead atoms. The summed E-state index contributed by atoms with van der Waals surface area (Å²) < 4.78 is 18.7. The average Bonchev–Trinajstić information content (AvgIpc) is 2.74. The van der Waals surface area contributed by atoms with Crippen LogP contribution in [-0.4, -0.2) is 40.6 Å². The first-order valence-electron chi connectivity index (χ1n) is 5.91. The number of ether oxygens (including phenoxy) is 1. The standard InChI is InChI=1S/C12H15FN4O/c1-8(9-4-3-5-17(9)2)18-12-6-10(13)15-11(7-14)16-12/h6,8-9H,3-5H2,1-2H3/t8-,9-/m0/s1. The van der Waals surface area contributed by atoms with Crippen molar-refractivity contribution in [3.05, 3.63) is 17.8 Å². The maximum Gasteiger partial charge on any atom is 0.238 e. The van der Waals surface area contributed by atoms with Gasteiger partial charge in [-0.1, -0.05) is 0 Å². The maximum absolute atomic E-state index is 13.1. The molecule has 1 aliphatic rings. The Morgan fingerprint density at radius 3 is 3.00 bits per heavy atom. The average molecular weight is 250 g/mol. The predicted octanol–water partition coefficient (Wildman–Crippen LogP) is 1.35. The minimum Gasteiger partial charge on any atom is -0.473 e. The number of hydrogen-bond acceptors (Lipinski definition) is 5. The van der Waals surface area contributed by atoms with Crippen molar-refractivity contribution >= 4 is 0 Å². The zero-order valence-electron chi connectivity index (χ0n) is 10.4. The highest BCUT2D eigenvalue weighted by Crippen LogP contribution is 2.21. The summed E-state index contributed by atoms with van der Waals surface area (Å²) in [5.74, 6) is -0.840. The molecule has 2 heterocycles. The van der Waals surface area contributed by atoms with Gasteiger partial charge in [0.15, 0.2) is 0 Å². The molecular formula is C12H15FN4O. The van der Waals surface area contributed by atoms with E-state index in [1.54, 1.807) is 6.07 Å². The van der Waals surface area contributed by atoms with Gasteiger partial charge in [-0.2, -0.15) is 19.6 Å². The summed E-state index contributed by atoms with van der Waals surface area (Å²) in [7, 11) is 2.04. The van der Waals surface area contributed by atoms with Crippen LogP contribution in [0.15, 0.2) is 6.07 Å². The van der Waals surface area contributed by atoms with Crippen LogP contribution in [0, 0.1) is 17.3 Å². The molecule has 2 rings (SSSR count). The van der Waals surface area contributed by atoms with Gasteiger partial charge in [-0.3, -0.25) is 4.90 Å². The summed E-state index contributed by atoms with van der Waals surface area (Å²) in [5.41, 5.74) is 0. The fraction of sp³-hybridized carbons (Fsp3) is 0.583. The van der Waals surface area contributed by atoms with Crippen molar-refractivity contribution in [3.63, 3.8) is 0 Å². The van der Waals surface area contributed by atoms with Crippen molar-refractivity contribution in [2.45, 2.75) is 31.9 Å². The van der Waals surface area contributed by atoms with Crippen LogP contribution >= 0.6 is 0 Å². The third-order valence-corrected chi connectivity index (χ3v) is 3.20. The summed E-state index contributed by atoms with van der Waals surface area (Å²) >= 11 is 0. The van der Waals surface area contributed by atoms with Crippen molar-refractivity contribution in [2.75, 3.05) is 13.6 Å². The molecule has 96 valence electrons. The Morgan fingerprint density at radius 2 is 2.39 bits per heavy atom. The van der Waals surface area contributed by atoms with Gasteiger partial charge in [0.1, 0.15) is 12.2 Å². The Kier molecular flexibility index (Phi) is 3.72. The molecule has 1 aromatic rings. The number of aromatic nitrogens is 2. The van der Waals surface area contributed by atoms with Crippen LogP contribution < -0.4 is 4.74 Å². The Hall–Kier alpha value is -1.74. The number of rotatable bonds is 3. The first-order chi connectivity index (χ1) is 8.60. The number of nitriles is 1. The molecule has 0 amide bonds. The number of likely N-dealkylation sites (N-methyl/N-ethyl adjacent to an activating group) is 1. The fourth-order valence-electron chi connectivity index (χ4n) is 2.31. The highest BCUT2D eigenvalue weighted by Gasteiger charge is 2.28. The van der Waals surface area contributed by atoms with E-state index in [2.05, 4.69) is 14.9 Å². The molecule has 1 aliphatic heterocycles. The molecule has 1 saturated heterocycles. The van der Waals surface area contributed by atoms with E-state index in [-0.39, 0.29) is 17.8 Å². The van der Waals surface area contributed by atoms with Gasteiger partial charge in [0.2, 0.25) is 17.7 Å². The Balaban J connectivity index is 2.09. The molecular weight excluding hydrogens is 235 g/mol. The number of nitrogens with zero attached hydrogens (tertiary/aromatic N) is 4. The number of likely N-dealkylation sites (tertiary alicyclic amines) is 1. The van der Waals surface area contributed by atoms with E-state index in [1.807, 2.05) is 14.0 Å². The van der Waals surface area contributed by atoms with Crippen molar-refractivity contribution in [1.29, 1.82) is 5.26 Å². The third kappa shape index (κ3) is 2.74. The first kappa shape index (κ1) is 12.7. The molecule has 0 aliphatic carbocycles. The molecule has 2 atom stereocenters. The van der Waals surface area contributed by atoms with E-state index < -0.39 is 5.95 Å². The topological polar surface area (TPSA) is 62.0 Å². The van der Waals surface area contributed by atoms with Gasteiger partial charge in [-0.15, -0.1) is 0 Å². The SMILES string of the molecule is C[C@H](Oc1cc(F)nc(C#N)n1)[C@@H]1CCCN1C. The highest BCUT2D eigenvalue weighted by atomic mass is 19.1. The lowest BCUT2D eigenvalue weighted by molar-refractivity contribution is 0.116. The molecule has 6 heteroatoms. The first-order valence-corrected chi connectivity index (χ1v) is 5.91. The molecule has 0 radical (unpaired) electrons. The Bertz CT molecular complexity index is 474. The van der Waals surface area contributed by atoms with Gasteiger partial charge in [0.25, 0.3) is 0 Å². The van der Waals surface area contributed by atoms with Crippen LogP contribution in [0.3, 0.4) is 0 Å². The highest BCUT2D eigenvalue weighted by molar-refractivity contribution is 5.17. The van der Waals surface area contributed by atoms with Crippen LogP contribution in [0.1, 0.15) is 25.6 Å². The molecule has 1 fully saturated rings. The van der Waals surface area contributed by atoms with E-state index in [0.29, 0.717) is 6.04 Å². The summed E-state index contributed by atoms with van der Waals surface area (Å²) in [6, 6.07) is 3.11. The Morgan fingerprint density at radius 1 is 1.61 bits per heavy atom. The molecule has 0 N–H and O–H groups in total. The van der Waals surface area contributed by atoms with Gasteiger partial charge < -0.3 is 4.74 Å². The molecule has 0 saturated carbocycles. The van der Waals surface area contributed by atoms with Crippen molar-refractivity contribution in [3.8, 4) is 11.9 Å². The van der Waals surface area contributed by atoms with Crippen LogP contribution in [0.4, 0.5) is 4.39 Å². The van der Waals surface area contributed by atoms with Gasteiger partial charge >= 0.3 is 0 Å². The quantitative estimate of drug-likeness (QED) is 0.758. The largest absolute Gasteiger partial charge is 0.473 e. The predicted molar refractivity (Wildman–Crippen MR) is 62.4 cm³/mol. The minimum atomic E-state index is -0.747. The second-order valence-electron chi connectivity index (χ2n) is 4.48. The molecule has 5 nitrogen and oxygen atoms in total. The van der Waals surface area contributed by atoms with Crippen LogP contribution in [0.25, 0.3) is 0 Å². The smallest absolute Gasteiger partial charge is 0.238 e. The lowest BCUT2D eigenvalue weighted by atomic mass is 10.1. The summed E-state index contributed by atoms with van der Waals surface area (Å²) in [4.78, 5) is 9.39. The molecule has 0 spiro atoms. The maximum atomic E-state index is 13.1. The molecule has 18 heavy (non-hydrogen) atoms. The van der Waals surface area contributed by atoms with E-state index in [0.717, 1.165) is 25.5 Å². The van der Waals surface area contributed by atoms with E-state index in [9.17, 15) is 4.39 Å². The van der Waals surface area contributed by atoms with Gasteiger partial charge in [-0.05, 0) is 33.4 Å². The van der Waals surface area contributed by atoms with E-state index in [4.69, 9.17) is 10.00 Å². The van der Waals surface area contributed by atoms with Gasteiger partial charge in [0, 0.05) is 6.04 Å². The van der Waals surface area contributed by atoms with Crippen LogP contribution in [0.2, 0.25) is 0 Å². The van der Waals surface area contributed by atoms with Crippen molar-refractivity contribution in [2.24, 2.45) is 0 Å². The lowest BCUT2D eigenvalue weighted by Gasteiger charge is -2.26. The van der Waals surface area contributed by atoms with Crippen molar-refractivity contribution < 1.29 is 9.13 Å². The van der Waals surface area contributed by atoms with Gasteiger partial charge in [0.05, 0.1) is 6.07 Å².